The standard InChI is InChI=1S/C31H40F3N3O3/c1-19-14-21-15-24(38)4-5-25(21)29(37(19)18-31(2,3)34)28-26(32)16-23(17-27(28)33)36-12-8-22(9-13-36)35-10-6-20(7-11-35)30(39)40/h4-5,15-17,19-20,22,29,38H,6-14,18H2,1-3H3,(H,39,40)/t19-,29+/m1/s1. The van der Waals surface area contributed by atoms with E-state index in [1.54, 1.807) is 12.1 Å². The molecule has 3 aliphatic heterocycles. The monoisotopic (exact) mass is 559 g/mol. The summed E-state index contributed by atoms with van der Waals surface area (Å²) < 4.78 is 46.8. The number of fused-ring (bicyclic) bond motifs is 1. The maximum Gasteiger partial charge on any atom is 0.306 e. The first kappa shape index (κ1) is 28.7. The Morgan fingerprint density at radius 3 is 2.20 bits per heavy atom. The fourth-order valence-corrected chi connectivity index (χ4v) is 6.92. The molecule has 2 aromatic rings. The molecule has 2 atom stereocenters. The lowest BCUT2D eigenvalue weighted by molar-refractivity contribution is -0.143. The number of rotatable bonds is 6. The zero-order valence-corrected chi connectivity index (χ0v) is 23.5. The van der Waals surface area contributed by atoms with E-state index in [1.807, 2.05) is 16.7 Å². The maximum atomic E-state index is 15.9. The number of carboxylic acids is 1. The van der Waals surface area contributed by atoms with E-state index in [0.29, 0.717) is 49.6 Å². The maximum absolute atomic E-state index is 15.9. The number of alkyl halides is 1. The zero-order valence-electron chi connectivity index (χ0n) is 23.5. The molecule has 2 aromatic carbocycles. The number of carboxylic acid groups (broad SMARTS) is 1. The smallest absolute Gasteiger partial charge is 0.306 e. The molecule has 218 valence electrons. The predicted octanol–water partition coefficient (Wildman–Crippen LogP) is 5.52. The molecule has 9 heteroatoms. The SMILES string of the molecule is C[C@@H]1Cc2cc(O)ccc2[C@@H](c2c(F)cc(N3CCC(N4CCC(C(=O)O)CC4)CC3)cc2F)N1CC(C)(C)F. The van der Waals surface area contributed by atoms with Crippen LogP contribution in [-0.4, -0.2) is 76.5 Å². The largest absolute Gasteiger partial charge is 0.508 e. The van der Waals surface area contributed by atoms with Crippen LogP contribution in [0.3, 0.4) is 0 Å². The van der Waals surface area contributed by atoms with Gasteiger partial charge < -0.3 is 20.0 Å². The van der Waals surface area contributed by atoms with Crippen LogP contribution in [0.1, 0.15) is 69.2 Å². The Morgan fingerprint density at radius 1 is 1.00 bits per heavy atom. The highest BCUT2D eigenvalue weighted by molar-refractivity contribution is 5.70. The number of hydrogen-bond acceptors (Lipinski definition) is 5. The molecule has 0 unspecified atom stereocenters. The Balaban J connectivity index is 1.37. The van der Waals surface area contributed by atoms with E-state index >= 15 is 8.78 Å². The van der Waals surface area contributed by atoms with Crippen LogP contribution in [0.15, 0.2) is 30.3 Å². The van der Waals surface area contributed by atoms with Crippen molar-refractivity contribution >= 4 is 11.7 Å². The minimum absolute atomic E-state index is 0.0109. The molecule has 0 aliphatic carbocycles. The number of piperidine rings is 2. The lowest BCUT2D eigenvalue weighted by Gasteiger charge is -2.44. The van der Waals surface area contributed by atoms with Gasteiger partial charge in [0.15, 0.2) is 0 Å². The summed E-state index contributed by atoms with van der Waals surface area (Å²) in [5.41, 5.74) is 0.318. The van der Waals surface area contributed by atoms with Gasteiger partial charge in [-0.1, -0.05) is 6.07 Å². The summed E-state index contributed by atoms with van der Waals surface area (Å²) in [7, 11) is 0. The first-order valence-electron chi connectivity index (χ1n) is 14.4. The van der Waals surface area contributed by atoms with Gasteiger partial charge in [0, 0.05) is 43.0 Å². The van der Waals surface area contributed by atoms with Crippen molar-refractivity contribution in [2.75, 3.05) is 37.6 Å². The highest BCUT2D eigenvalue weighted by Gasteiger charge is 2.40. The molecule has 40 heavy (non-hydrogen) atoms. The number of likely N-dealkylation sites (tertiary alicyclic amines) is 1. The van der Waals surface area contributed by atoms with Gasteiger partial charge in [-0.15, -0.1) is 0 Å². The highest BCUT2D eigenvalue weighted by Crippen LogP contribution is 2.43. The van der Waals surface area contributed by atoms with Crippen molar-refractivity contribution in [3.05, 3.63) is 58.7 Å². The summed E-state index contributed by atoms with van der Waals surface area (Å²) in [4.78, 5) is 17.5. The minimum atomic E-state index is -1.57. The van der Waals surface area contributed by atoms with E-state index in [9.17, 15) is 19.4 Å². The van der Waals surface area contributed by atoms with Gasteiger partial charge in [-0.2, -0.15) is 0 Å². The van der Waals surface area contributed by atoms with Gasteiger partial charge >= 0.3 is 5.97 Å². The Kier molecular flexibility index (Phi) is 8.08. The van der Waals surface area contributed by atoms with Crippen LogP contribution in [-0.2, 0) is 11.2 Å². The summed E-state index contributed by atoms with van der Waals surface area (Å²) in [5, 5.41) is 19.3. The van der Waals surface area contributed by atoms with E-state index in [1.165, 1.54) is 32.0 Å². The van der Waals surface area contributed by atoms with E-state index in [4.69, 9.17) is 0 Å². The van der Waals surface area contributed by atoms with Gasteiger partial charge in [-0.05, 0) is 101 Å². The van der Waals surface area contributed by atoms with Crippen molar-refractivity contribution in [2.45, 2.75) is 76.7 Å². The Hall–Kier alpha value is -2.78. The van der Waals surface area contributed by atoms with Crippen LogP contribution < -0.4 is 4.90 Å². The molecule has 0 amide bonds. The third-order valence-corrected chi connectivity index (χ3v) is 8.95. The van der Waals surface area contributed by atoms with Crippen molar-refractivity contribution in [3.8, 4) is 5.75 Å². The molecule has 5 rings (SSSR count). The van der Waals surface area contributed by atoms with Crippen molar-refractivity contribution in [1.82, 2.24) is 9.80 Å². The molecule has 3 aliphatic rings. The summed E-state index contributed by atoms with van der Waals surface area (Å²) in [6.07, 6.45) is 3.55. The van der Waals surface area contributed by atoms with Gasteiger partial charge in [-0.25, -0.2) is 13.2 Å². The number of nitrogens with zero attached hydrogens (tertiary/aromatic N) is 3. The summed E-state index contributed by atoms with van der Waals surface area (Å²) >= 11 is 0. The number of aromatic hydroxyl groups is 1. The van der Waals surface area contributed by atoms with Gasteiger partial charge in [0.2, 0.25) is 0 Å². The number of aliphatic carboxylic acids is 1. The van der Waals surface area contributed by atoms with E-state index in [-0.39, 0.29) is 29.8 Å². The van der Waals surface area contributed by atoms with Crippen molar-refractivity contribution in [3.63, 3.8) is 0 Å². The van der Waals surface area contributed by atoms with Gasteiger partial charge in [0.1, 0.15) is 23.1 Å². The first-order valence-corrected chi connectivity index (χ1v) is 14.4. The Bertz CT molecular complexity index is 1210. The summed E-state index contributed by atoms with van der Waals surface area (Å²) in [6.45, 7) is 7.73. The quantitative estimate of drug-likeness (QED) is 0.486. The first-order chi connectivity index (χ1) is 18.9. The third-order valence-electron chi connectivity index (χ3n) is 8.95. The molecule has 6 nitrogen and oxygen atoms in total. The molecule has 0 spiro atoms. The minimum Gasteiger partial charge on any atom is -0.508 e. The van der Waals surface area contributed by atoms with Crippen LogP contribution >= 0.6 is 0 Å². The van der Waals surface area contributed by atoms with Crippen LogP contribution in [0, 0.1) is 17.6 Å². The average Bonchev–Trinajstić information content (AvgIpc) is 2.89. The number of anilines is 1. The van der Waals surface area contributed by atoms with Crippen LogP contribution in [0.4, 0.5) is 18.9 Å². The van der Waals surface area contributed by atoms with Gasteiger partial charge in [0.05, 0.1) is 12.0 Å². The molecule has 0 radical (unpaired) electrons. The molecule has 0 bridgehead atoms. The fourth-order valence-electron chi connectivity index (χ4n) is 6.92. The topological polar surface area (TPSA) is 67.2 Å². The average molecular weight is 560 g/mol. The molecule has 2 N–H and O–H groups in total. The molecular weight excluding hydrogens is 519 g/mol. The predicted molar refractivity (Wildman–Crippen MR) is 149 cm³/mol. The molecule has 0 saturated carbocycles. The molecule has 2 fully saturated rings. The van der Waals surface area contributed by atoms with Crippen molar-refractivity contribution in [2.24, 2.45) is 5.92 Å². The number of carbonyl (C=O) groups is 1. The molecule has 3 heterocycles. The van der Waals surface area contributed by atoms with Gasteiger partial charge in [0.25, 0.3) is 0 Å². The number of hydrogen-bond donors (Lipinski definition) is 2. The van der Waals surface area contributed by atoms with Crippen LogP contribution in [0.25, 0.3) is 0 Å². The normalized spacial score (nSPS) is 23.8. The number of halogens is 3. The van der Waals surface area contributed by atoms with Crippen LogP contribution in [0.2, 0.25) is 0 Å². The highest BCUT2D eigenvalue weighted by atomic mass is 19.1. The van der Waals surface area contributed by atoms with Crippen LogP contribution in [0.5, 0.6) is 5.75 Å². The molecule has 0 aromatic heterocycles. The van der Waals surface area contributed by atoms with E-state index in [2.05, 4.69) is 4.90 Å². The third kappa shape index (κ3) is 5.96. The van der Waals surface area contributed by atoms with E-state index in [0.717, 1.165) is 31.5 Å². The second kappa shape index (κ2) is 11.2. The second-order valence-corrected chi connectivity index (χ2v) is 12.4. The lowest BCUT2D eigenvalue weighted by atomic mass is 9.83. The zero-order chi connectivity index (χ0) is 28.8. The lowest BCUT2D eigenvalue weighted by Crippen LogP contribution is -2.48. The summed E-state index contributed by atoms with van der Waals surface area (Å²) in [5.74, 6) is -2.21. The second-order valence-electron chi connectivity index (χ2n) is 12.4. The number of phenolic OH excluding ortho intramolecular Hbond substituents is 1. The van der Waals surface area contributed by atoms with E-state index < -0.39 is 29.3 Å². The van der Waals surface area contributed by atoms with Crippen molar-refractivity contribution in [1.29, 1.82) is 0 Å². The molecule has 2 saturated heterocycles. The summed E-state index contributed by atoms with van der Waals surface area (Å²) in [6, 6.07) is 6.97. The van der Waals surface area contributed by atoms with Gasteiger partial charge in [-0.3, -0.25) is 9.69 Å². The Labute approximate surface area is 234 Å². The number of phenols is 1. The van der Waals surface area contributed by atoms with Crippen molar-refractivity contribution < 1.29 is 28.2 Å². The molecular formula is C31H40F3N3O3. The Morgan fingerprint density at radius 2 is 1.62 bits per heavy atom. The number of benzene rings is 2. The fraction of sp³-hybridized carbons (Fsp3) is 0.581.